The lowest BCUT2D eigenvalue weighted by atomic mass is 10.0. The Bertz CT molecular complexity index is 741. The normalized spacial score (nSPS) is 12.5. The minimum atomic E-state index is 0.0363. The molecule has 0 aliphatic carbocycles. The Morgan fingerprint density at radius 1 is 1.29 bits per heavy atom. The summed E-state index contributed by atoms with van der Waals surface area (Å²) in [7, 11) is 1.62. The van der Waals surface area contributed by atoms with E-state index < -0.39 is 0 Å². The average Bonchev–Trinajstić information content (AvgIpc) is 3.01. The number of nitrogens with zero attached hydrogens (tertiary/aromatic N) is 2. The highest BCUT2D eigenvalue weighted by Crippen LogP contribution is 2.32. The minimum Gasteiger partial charge on any atom is -0.481 e. The molecule has 0 saturated carbocycles. The summed E-state index contributed by atoms with van der Waals surface area (Å²) >= 11 is 1.76. The first-order valence-electron chi connectivity index (χ1n) is 6.89. The highest BCUT2D eigenvalue weighted by Gasteiger charge is 2.18. The highest BCUT2D eigenvalue weighted by molar-refractivity contribution is 7.17. The van der Waals surface area contributed by atoms with Gasteiger partial charge < -0.3 is 10.1 Å². The van der Waals surface area contributed by atoms with Crippen molar-refractivity contribution in [2.24, 2.45) is 0 Å². The molecular formula is C16H17N3OS. The van der Waals surface area contributed by atoms with Crippen molar-refractivity contribution in [2.45, 2.75) is 13.0 Å². The zero-order chi connectivity index (χ0) is 14.7. The van der Waals surface area contributed by atoms with E-state index in [1.54, 1.807) is 24.8 Å². The van der Waals surface area contributed by atoms with Crippen LogP contribution in [0, 0.1) is 0 Å². The molecule has 0 saturated heterocycles. The molecule has 1 aromatic carbocycles. The largest absolute Gasteiger partial charge is 0.481 e. The van der Waals surface area contributed by atoms with Crippen LogP contribution in [0.25, 0.3) is 10.1 Å². The molecular weight excluding hydrogens is 282 g/mol. The van der Waals surface area contributed by atoms with Crippen molar-refractivity contribution in [3.8, 4) is 5.88 Å². The van der Waals surface area contributed by atoms with Crippen LogP contribution < -0.4 is 10.1 Å². The number of benzene rings is 1. The van der Waals surface area contributed by atoms with E-state index >= 15 is 0 Å². The Hall–Kier alpha value is -1.98. The Morgan fingerprint density at radius 2 is 2.19 bits per heavy atom. The number of ether oxygens (including phenoxy) is 1. The molecule has 2 aromatic heterocycles. The van der Waals surface area contributed by atoms with Gasteiger partial charge in [0.15, 0.2) is 0 Å². The van der Waals surface area contributed by atoms with Crippen molar-refractivity contribution in [3.63, 3.8) is 0 Å². The van der Waals surface area contributed by atoms with Gasteiger partial charge in [-0.3, -0.25) is 0 Å². The Labute approximate surface area is 127 Å². The zero-order valence-electron chi connectivity index (χ0n) is 12.0. The summed E-state index contributed by atoms with van der Waals surface area (Å²) in [5.74, 6) is 0.584. The van der Waals surface area contributed by atoms with Gasteiger partial charge in [0.1, 0.15) is 6.33 Å². The molecule has 5 heteroatoms. The summed E-state index contributed by atoms with van der Waals surface area (Å²) in [5.41, 5.74) is 2.16. The number of thiophene rings is 1. The third-order valence-electron chi connectivity index (χ3n) is 3.40. The summed E-state index contributed by atoms with van der Waals surface area (Å²) < 4.78 is 6.51. The molecule has 1 atom stereocenters. The molecule has 108 valence electrons. The Morgan fingerprint density at radius 3 is 3.00 bits per heavy atom. The van der Waals surface area contributed by atoms with Crippen molar-refractivity contribution in [3.05, 3.63) is 53.3 Å². The van der Waals surface area contributed by atoms with E-state index in [-0.39, 0.29) is 6.04 Å². The highest BCUT2D eigenvalue weighted by atomic mass is 32.1. The van der Waals surface area contributed by atoms with Crippen molar-refractivity contribution in [1.29, 1.82) is 0 Å². The van der Waals surface area contributed by atoms with E-state index in [4.69, 9.17) is 4.74 Å². The standard InChI is InChI=1S/C16H17N3OS/c1-3-17-15(13-9-14(20-2)19-10-18-13)12-6-4-5-11-7-8-21-16(11)12/h4-10,15,17H,3H2,1-2H3. The first-order valence-corrected chi connectivity index (χ1v) is 7.77. The number of rotatable bonds is 5. The maximum Gasteiger partial charge on any atom is 0.216 e. The fraction of sp³-hybridized carbons (Fsp3) is 0.250. The smallest absolute Gasteiger partial charge is 0.216 e. The summed E-state index contributed by atoms with van der Waals surface area (Å²) in [6.07, 6.45) is 1.55. The minimum absolute atomic E-state index is 0.0363. The van der Waals surface area contributed by atoms with Crippen LogP contribution in [-0.2, 0) is 0 Å². The number of hydrogen-bond acceptors (Lipinski definition) is 5. The molecule has 1 unspecified atom stereocenters. The van der Waals surface area contributed by atoms with E-state index in [0.717, 1.165) is 12.2 Å². The number of aromatic nitrogens is 2. The third kappa shape index (κ3) is 2.75. The average molecular weight is 299 g/mol. The molecule has 4 nitrogen and oxygen atoms in total. The lowest BCUT2D eigenvalue weighted by Gasteiger charge is -2.19. The SMILES string of the molecule is CCNC(c1cc(OC)ncn1)c1cccc2ccsc12. The van der Waals surface area contributed by atoms with Crippen molar-refractivity contribution in [1.82, 2.24) is 15.3 Å². The van der Waals surface area contributed by atoms with Gasteiger partial charge in [0, 0.05) is 10.8 Å². The van der Waals surface area contributed by atoms with Crippen LogP contribution in [-0.4, -0.2) is 23.6 Å². The van der Waals surface area contributed by atoms with Crippen LogP contribution in [0.1, 0.15) is 24.2 Å². The summed E-state index contributed by atoms with van der Waals surface area (Å²) in [6, 6.07) is 10.5. The predicted octanol–water partition coefficient (Wildman–Crippen LogP) is 3.40. The molecule has 2 heterocycles. The maximum atomic E-state index is 5.22. The van der Waals surface area contributed by atoms with Crippen molar-refractivity contribution in [2.75, 3.05) is 13.7 Å². The molecule has 0 amide bonds. The Balaban J connectivity index is 2.10. The Kier molecular flexibility index (Phi) is 4.13. The summed E-state index contributed by atoms with van der Waals surface area (Å²) in [5, 5.41) is 6.90. The number of hydrogen-bond donors (Lipinski definition) is 1. The molecule has 0 bridgehead atoms. The molecule has 0 radical (unpaired) electrons. The van der Waals surface area contributed by atoms with Crippen molar-refractivity contribution >= 4 is 21.4 Å². The van der Waals surface area contributed by atoms with Crippen LogP contribution in [0.2, 0.25) is 0 Å². The quantitative estimate of drug-likeness (QED) is 0.784. The van der Waals surface area contributed by atoms with Gasteiger partial charge in [-0.2, -0.15) is 0 Å². The third-order valence-corrected chi connectivity index (χ3v) is 4.38. The van der Waals surface area contributed by atoms with Crippen LogP contribution in [0.15, 0.2) is 42.0 Å². The number of methoxy groups -OCH3 is 1. The van der Waals surface area contributed by atoms with Crippen molar-refractivity contribution < 1.29 is 4.74 Å². The van der Waals surface area contributed by atoms with E-state index in [2.05, 4.69) is 51.9 Å². The molecule has 0 aliphatic heterocycles. The molecule has 0 fully saturated rings. The van der Waals surface area contributed by atoms with E-state index in [1.165, 1.54) is 15.6 Å². The molecule has 1 N–H and O–H groups in total. The number of fused-ring (bicyclic) bond motifs is 1. The van der Waals surface area contributed by atoms with E-state index in [0.29, 0.717) is 5.88 Å². The van der Waals surface area contributed by atoms with E-state index in [1.807, 2.05) is 6.07 Å². The van der Waals surface area contributed by atoms with Crippen LogP contribution in [0.5, 0.6) is 5.88 Å². The molecule has 3 rings (SSSR count). The second-order valence-electron chi connectivity index (χ2n) is 4.66. The van der Waals surface area contributed by atoms with E-state index in [9.17, 15) is 0 Å². The van der Waals surface area contributed by atoms with Gasteiger partial charge in [-0.15, -0.1) is 11.3 Å². The van der Waals surface area contributed by atoms with Gasteiger partial charge in [0.2, 0.25) is 5.88 Å². The van der Waals surface area contributed by atoms with Crippen LogP contribution in [0.3, 0.4) is 0 Å². The second-order valence-corrected chi connectivity index (χ2v) is 5.58. The molecule has 0 spiro atoms. The molecule has 0 aliphatic rings. The van der Waals surface area contributed by atoms with Gasteiger partial charge in [-0.05, 0) is 28.9 Å². The first-order chi connectivity index (χ1) is 10.3. The lowest BCUT2D eigenvalue weighted by molar-refractivity contribution is 0.395. The summed E-state index contributed by atoms with van der Waals surface area (Å²) in [6.45, 7) is 2.96. The zero-order valence-corrected chi connectivity index (χ0v) is 12.9. The molecule has 3 aromatic rings. The van der Waals surface area contributed by atoms with Gasteiger partial charge in [-0.25, -0.2) is 9.97 Å². The number of nitrogens with one attached hydrogen (secondary N) is 1. The van der Waals surface area contributed by atoms with Crippen LogP contribution >= 0.6 is 11.3 Å². The topological polar surface area (TPSA) is 47.0 Å². The first kappa shape index (κ1) is 14.0. The second kappa shape index (κ2) is 6.20. The van der Waals surface area contributed by atoms with Crippen LogP contribution in [0.4, 0.5) is 0 Å². The maximum absolute atomic E-state index is 5.22. The van der Waals surface area contributed by atoms with Gasteiger partial charge in [0.05, 0.1) is 18.8 Å². The fourth-order valence-electron chi connectivity index (χ4n) is 2.44. The summed E-state index contributed by atoms with van der Waals surface area (Å²) in [4.78, 5) is 8.51. The van der Waals surface area contributed by atoms with Gasteiger partial charge in [-0.1, -0.05) is 25.1 Å². The van der Waals surface area contributed by atoms with Gasteiger partial charge >= 0.3 is 0 Å². The van der Waals surface area contributed by atoms with Gasteiger partial charge in [0.25, 0.3) is 0 Å². The lowest BCUT2D eigenvalue weighted by Crippen LogP contribution is -2.23. The predicted molar refractivity (Wildman–Crippen MR) is 85.9 cm³/mol. The monoisotopic (exact) mass is 299 g/mol. The molecule has 21 heavy (non-hydrogen) atoms. The fourth-order valence-corrected chi connectivity index (χ4v) is 3.39.